The van der Waals surface area contributed by atoms with Crippen LogP contribution in [0.25, 0.3) is 0 Å². The molecule has 2 heterocycles. The largest absolute Gasteiger partial charge is 0.495 e. The number of anilines is 1. The zero-order chi connectivity index (χ0) is 26.5. The third kappa shape index (κ3) is 5.60. The fourth-order valence-corrected chi connectivity index (χ4v) is 4.98. The molecular formula is C28H32FN3O5. The first-order chi connectivity index (χ1) is 17.8. The summed E-state index contributed by atoms with van der Waals surface area (Å²) in [4.78, 5) is 44.6. The summed E-state index contributed by atoms with van der Waals surface area (Å²) in [6.45, 7) is 5.67. The van der Waals surface area contributed by atoms with Crippen molar-refractivity contribution in [3.8, 4) is 5.75 Å². The van der Waals surface area contributed by atoms with Gasteiger partial charge in [-0.15, -0.1) is 0 Å². The second-order valence-corrected chi connectivity index (χ2v) is 9.05. The van der Waals surface area contributed by atoms with Crippen LogP contribution in [0.4, 0.5) is 10.1 Å². The van der Waals surface area contributed by atoms with Crippen LogP contribution in [0.3, 0.4) is 0 Å². The van der Waals surface area contributed by atoms with Gasteiger partial charge in [0, 0.05) is 44.2 Å². The summed E-state index contributed by atoms with van der Waals surface area (Å²) in [7, 11) is 1.63. The topological polar surface area (TPSA) is 79.4 Å². The van der Waals surface area contributed by atoms with Crippen LogP contribution in [-0.4, -0.2) is 74.0 Å². The molecule has 0 aliphatic carbocycles. The molecule has 1 fully saturated rings. The van der Waals surface area contributed by atoms with E-state index in [1.165, 1.54) is 17.0 Å². The van der Waals surface area contributed by atoms with Gasteiger partial charge in [0.1, 0.15) is 18.1 Å². The smallest absolute Gasteiger partial charge is 0.336 e. The molecule has 2 aliphatic heterocycles. The fraction of sp³-hybridized carbons (Fsp3) is 0.393. The lowest BCUT2D eigenvalue weighted by atomic mass is 9.83. The van der Waals surface area contributed by atoms with Gasteiger partial charge >= 0.3 is 5.97 Å². The van der Waals surface area contributed by atoms with E-state index in [-0.39, 0.29) is 31.4 Å². The number of allylic oxidation sites excluding steroid dienone is 1. The van der Waals surface area contributed by atoms with Crippen LogP contribution in [0.1, 0.15) is 31.7 Å². The molecule has 1 unspecified atom stereocenters. The second kappa shape index (κ2) is 11.5. The SMILES string of the molecule is CCOC(=O)C1=C(C)N(CC(=O)N2CCN(c3ccccc3OC)CC2)C(=O)CC1c1ccc(F)cc1. The molecule has 2 amide bonds. The van der Waals surface area contributed by atoms with Crippen LogP contribution < -0.4 is 9.64 Å². The number of hydrogen-bond acceptors (Lipinski definition) is 6. The van der Waals surface area contributed by atoms with Gasteiger partial charge in [-0.1, -0.05) is 24.3 Å². The Morgan fingerprint density at radius 1 is 1.03 bits per heavy atom. The Labute approximate surface area is 216 Å². The average Bonchev–Trinajstić information content (AvgIpc) is 2.91. The molecule has 1 atom stereocenters. The number of hydrogen-bond donors (Lipinski definition) is 0. The quantitative estimate of drug-likeness (QED) is 0.533. The predicted molar refractivity (Wildman–Crippen MR) is 137 cm³/mol. The highest BCUT2D eigenvalue weighted by Gasteiger charge is 2.38. The van der Waals surface area contributed by atoms with Gasteiger partial charge < -0.3 is 24.2 Å². The molecule has 0 spiro atoms. The Bertz CT molecular complexity index is 1190. The van der Waals surface area contributed by atoms with Crippen molar-refractivity contribution in [2.75, 3.05) is 51.3 Å². The third-order valence-electron chi connectivity index (χ3n) is 6.94. The van der Waals surface area contributed by atoms with E-state index in [0.29, 0.717) is 43.0 Å². The molecule has 1 saturated heterocycles. The van der Waals surface area contributed by atoms with Crippen molar-refractivity contribution in [1.82, 2.24) is 9.80 Å². The number of carbonyl (C=O) groups is 3. The lowest BCUT2D eigenvalue weighted by Crippen LogP contribution is -2.52. The summed E-state index contributed by atoms with van der Waals surface area (Å²) in [6, 6.07) is 13.5. The second-order valence-electron chi connectivity index (χ2n) is 9.05. The van der Waals surface area contributed by atoms with Crippen molar-refractivity contribution >= 4 is 23.5 Å². The van der Waals surface area contributed by atoms with E-state index in [9.17, 15) is 18.8 Å². The normalized spacial score (nSPS) is 18.2. The summed E-state index contributed by atoms with van der Waals surface area (Å²) >= 11 is 0. The molecule has 196 valence electrons. The number of halogens is 1. The highest BCUT2D eigenvalue weighted by Crippen LogP contribution is 2.37. The maximum atomic E-state index is 13.5. The maximum absolute atomic E-state index is 13.5. The van der Waals surface area contributed by atoms with Crippen molar-refractivity contribution in [3.63, 3.8) is 0 Å². The van der Waals surface area contributed by atoms with Crippen molar-refractivity contribution in [2.24, 2.45) is 0 Å². The van der Waals surface area contributed by atoms with E-state index in [0.717, 1.165) is 11.4 Å². The van der Waals surface area contributed by atoms with Crippen molar-refractivity contribution < 1.29 is 28.2 Å². The number of piperazine rings is 1. The Morgan fingerprint density at radius 2 is 1.70 bits per heavy atom. The molecule has 0 radical (unpaired) electrons. The zero-order valence-electron chi connectivity index (χ0n) is 21.4. The molecule has 0 bridgehead atoms. The molecular weight excluding hydrogens is 477 g/mol. The summed E-state index contributed by atoms with van der Waals surface area (Å²) in [6.07, 6.45) is -0.00796. The molecule has 2 aromatic rings. The molecule has 37 heavy (non-hydrogen) atoms. The van der Waals surface area contributed by atoms with Gasteiger partial charge in [-0.25, -0.2) is 9.18 Å². The highest BCUT2D eigenvalue weighted by molar-refractivity contribution is 5.97. The van der Waals surface area contributed by atoms with Gasteiger partial charge in [-0.3, -0.25) is 9.59 Å². The number of rotatable bonds is 7. The minimum Gasteiger partial charge on any atom is -0.495 e. The van der Waals surface area contributed by atoms with Gasteiger partial charge in [0.25, 0.3) is 0 Å². The number of para-hydroxylation sites is 2. The first kappa shape index (κ1) is 26.2. The monoisotopic (exact) mass is 509 g/mol. The minimum atomic E-state index is -0.567. The first-order valence-corrected chi connectivity index (χ1v) is 12.4. The highest BCUT2D eigenvalue weighted by atomic mass is 19.1. The zero-order valence-corrected chi connectivity index (χ0v) is 21.4. The van der Waals surface area contributed by atoms with Gasteiger partial charge in [0.15, 0.2) is 0 Å². The molecule has 0 saturated carbocycles. The lowest BCUT2D eigenvalue weighted by molar-refractivity contribution is -0.142. The maximum Gasteiger partial charge on any atom is 0.336 e. The van der Waals surface area contributed by atoms with Crippen LogP contribution in [-0.2, 0) is 19.1 Å². The number of carbonyl (C=O) groups excluding carboxylic acids is 3. The summed E-state index contributed by atoms with van der Waals surface area (Å²) < 4.78 is 24.2. The van der Waals surface area contributed by atoms with Crippen LogP contribution >= 0.6 is 0 Å². The number of amides is 2. The lowest BCUT2D eigenvalue weighted by Gasteiger charge is -2.39. The molecule has 2 aromatic carbocycles. The van der Waals surface area contributed by atoms with Gasteiger partial charge in [-0.05, 0) is 43.7 Å². The number of esters is 1. The van der Waals surface area contributed by atoms with Crippen LogP contribution in [0.2, 0.25) is 0 Å². The first-order valence-electron chi connectivity index (χ1n) is 12.4. The van der Waals surface area contributed by atoms with E-state index >= 15 is 0 Å². The van der Waals surface area contributed by atoms with Crippen molar-refractivity contribution in [3.05, 3.63) is 71.2 Å². The molecule has 9 heteroatoms. The van der Waals surface area contributed by atoms with Crippen molar-refractivity contribution in [2.45, 2.75) is 26.2 Å². The Hall–Kier alpha value is -3.88. The number of benzene rings is 2. The Kier molecular flexibility index (Phi) is 8.11. The molecule has 8 nitrogen and oxygen atoms in total. The van der Waals surface area contributed by atoms with E-state index in [2.05, 4.69) is 4.90 Å². The van der Waals surface area contributed by atoms with Crippen molar-refractivity contribution in [1.29, 1.82) is 0 Å². The summed E-state index contributed by atoms with van der Waals surface area (Å²) in [5.41, 5.74) is 2.34. The molecule has 0 N–H and O–H groups in total. The predicted octanol–water partition coefficient (Wildman–Crippen LogP) is 3.34. The summed E-state index contributed by atoms with van der Waals surface area (Å²) in [5.74, 6) is -1.17. The van der Waals surface area contributed by atoms with E-state index in [1.54, 1.807) is 38.0 Å². The Morgan fingerprint density at radius 3 is 2.35 bits per heavy atom. The van der Waals surface area contributed by atoms with Gasteiger partial charge in [-0.2, -0.15) is 0 Å². The number of ether oxygens (including phenoxy) is 2. The minimum absolute atomic E-state index is 0.00796. The number of methoxy groups -OCH3 is 1. The third-order valence-corrected chi connectivity index (χ3v) is 6.94. The average molecular weight is 510 g/mol. The van der Waals surface area contributed by atoms with E-state index in [4.69, 9.17) is 9.47 Å². The molecule has 4 rings (SSSR count). The summed E-state index contributed by atoms with van der Waals surface area (Å²) in [5, 5.41) is 0. The molecule has 2 aliphatic rings. The van der Waals surface area contributed by atoms with Crippen LogP contribution in [0.5, 0.6) is 5.75 Å². The van der Waals surface area contributed by atoms with Crippen LogP contribution in [0.15, 0.2) is 59.8 Å². The van der Waals surface area contributed by atoms with Gasteiger partial charge in [0.05, 0.1) is 25.0 Å². The van der Waals surface area contributed by atoms with E-state index in [1.807, 2.05) is 24.3 Å². The van der Waals surface area contributed by atoms with Crippen LogP contribution in [0, 0.1) is 5.82 Å². The molecule has 0 aromatic heterocycles. The fourth-order valence-electron chi connectivity index (χ4n) is 4.98. The van der Waals surface area contributed by atoms with E-state index < -0.39 is 17.7 Å². The Balaban J connectivity index is 1.50. The number of nitrogens with zero attached hydrogens (tertiary/aromatic N) is 3. The standard InChI is InChI=1S/C28H32FN3O5/c1-4-37-28(35)27-19(2)32(25(33)17-22(27)20-9-11-21(29)12-10-20)18-26(34)31-15-13-30(14-16-31)23-7-5-6-8-24(23)36-3/h5-12,22H,4,13-18H2,1-3H3. The van der Waals surface area contributed by atoms with Gasteiger partial charge in [0.2, 0.25) is 11.8 Å².